The number of halogens is 1. The van der Waals surface area contributed by atoms with Crippen LogP contribution < -0.4 is 5.73 Å². The number of aryl methyl sites for hydroxylation is 2. The van der Waals surface area contributed by atoms with Gasteiger partial charge in [-0.15, -0.1) is 12.4 Å². The van der Waals surface area contributed by atoms with Gasteiger partial charge in [0.1, 0.15) is 0 Å². The van der Waals surface area contributed by atoms with Crippen LogP contribution in [0.4, 0.5) is 0 Å². The molecule has 2 N–H and O–H groups in total. The second-order valence-electron chi connectivity index (χ2n) is 4.52. The van der Waals surface area contributed by atoms with Crippen molar-refractivity contribution in [1.29, 1.82) is 0 Å². The van der Waals surface area contributed by atoms with E-state index in [0.717, 1.165) is 6.42 Å². The zero-order valence-corrected chi connectivity index (χ0v) is 12.2. The summed E-state index contributed by atoms with van der Waals surface area (Å²) >= 11 is 0. The second-order valence-corrected chi connectivity index (χ2v) is 4.52. The average Bonchev–Trinajstić information content (AvgIpc) is 2.35. The van der Waals surface area contributed by atoms with Crippen molar-refractivity contribution in [3.63, 3.8) is 0 Å². The van der Waals surface area contributed by atoms with Crippen LogP contribution in [0.15, 0.2) is 24.3 Å². The average molecular weight is 271 g/mol. The van der Waals surface area contributed by atoms with Crippen molar-refractivity contribution < 1.29 is 4.79 Å². The maximum Gasteiger partial charge on any atom is 0.222 e. The highest BCUT2D eigenvalue weighted by molar-refractivity contribution is 5.85. The van der Waals surface area contributed by atoms with Gasteiger partial charge in [-0.1, -0.05) is 24.3 Å². The zero-order valence-electron chi connectivity index (χ0n) is 11.3. The number of amides is 1. The van der Waals surface area contributed by atoms with E-state index in [1.807, 2.05) is 26.1 Å². The molecule has 1 rings (SSSR count). The van der Waals surface area contributed by atoms with Crippen LogP contribution in [-0.2, 0) is 11.2 Å². The maximum atomic E-state index is 11.9. The van der Waals surface area contributed by atoms with E-state index in [1.165, 1.54) is 11.1 Å². The van der Waals surface area contributed by atoms with Gasteiger partial charge in [-0.3, -0.25) is 4.79 Å². The molecule has 0 fully saturated rings. The van der Waals surface area contributed by atoms with Crippen LogP contribution in [0.2, 0.25) is 0 Å². The van der Waals surface area contributed by atoms with Crippen LogP contribution in [-0.4, -0.2) is 30.4 Å². The predicted molar refractivity (Wildman–Crippen MR) is 78.0 cm³/mol. The second kappa shape index (κ2) is 8.11. The Morgan fingerprint density at radius 1 is 1.39 bits per heavy atom. The van der Waals surface area contributed by atoms with E-state index >= 15 is 0 Å². The quantitative estimate of drug-likeness (QED) is 0.891. The number of carbonyl (C=O) groups excluding carboxylic acids is 1. The lowest BCUT2D eigenvalue weighted by Gasteiger charge is -2.23. The molecule has 0 bridgehead atoms. The minimum atomic E-state index is 0. The molecule has 1 amide bonds. The van der Waals surface area contributed by atoms with Crippen LogP contribution in [0.1, 0.15) is 24.5 Å². The summed E-state index contributed by atoms with van der Waals surface area (Å²) in [5.41, 5.74) is 8.04. The highest BCUT2D eigenvalue weighted by Gasteiger charge is 2.14. The van der Waals surface area contributed by atoms with Crippen molar-refractivity contribution >= 4 is 18.3 Å². The van der Waals surface area contributed by atoms with Gasteiger partial charge in [-0.2, -0.15) is 0 Å². The summed E-state index contributed by atoms with van der Waals surface area (Å²) in [7, 11) is 1.82. The third-order valence-corrected chi connectivity index (χ3v) is 3.27. The summed E-state index contributed by atoms with van der Waals surface area (Å²) in [6.45, 7) is 4.55. The Morgan fingerprint density at radius 3 is 2.56 bits per heavy atom. The van der Waals surface area contributed by atoms with Gasteiger partial charge in [0.25, 0.3) is 0 Å². The normalized spacial score (nSPS) is 11.6. The molecule has 0 saturated carbocycles. The lowest BCUT2D eigenvalue weighted by Crippen LogP contribution is -2.39. The molecule has 1 aromatic rings. The first-order valence-electron chi connectivity index (χ1n) is 6.06. The van der Waals surface area contributed by atoms with Crippen molar-refractivity contribution in [2.24, 2.45) is 5.73 Å². The Bertz CT molecular complexity index is 382. The Kier molecular flexibility index (Phi) is 7.64. The number of rotatable bonds is 5. The zero-order chi connectivity index (χ0) is 12.8. The van der Waals surface area contributed by atoms with E-state index in [-0.39, 0.29) is 24.4 Å². The van der Waals surface area contributed by atoms with Crippen LogP contribution >= 0.6 is 12.4 Å². The largest absolute Gasteiger partial charge is 0.342 e. The fourth-order valence-electron chi connectivity index (χ4n) is 1.71. The number of hydrogen-bond acceptors (Lipinski definition) is 2. The van der Waals surface area contributed by atoms with Gasteiger partial charge in [-0.25, -0.2) is 0 Å². The Morgan fingerprint density at radius 2 is 2.00 bits per heavy atom. The first kappa shape index (κ1) is 16.9. The molecule has 0 radical (unpaired) electrons. The van der Waals surface area contributed by atoms with Crippen LogP contribution in [0.5, 0.6) is 0 Å². The van der Waals surface area contributed by atoms with E-state index in [1.54, 1.807) is 4.90 Å². The summed E-state index contributed by atoms with van der Waals surface area (Å²) in [6, 6.07) is 8.29. The number of carbonyl (C=O) groups is 1. The fourth-order valence-corrected chi connectivity index (χ4v) is 1.71. The van der Waals surface area contributed by atoms with Gasteiger partial charge in [0.2, 0.25) is 5.91 Å². The van der Waals surface area contributed by atoms with E-state index in [9.17, 15) is 4.79 Å². The minimum absolute atomic E-state index is 0. The van der Waals surface area contributed by atoms with Gasteiger partial charge < -0.3 is 10.6 Å². The van der Waals surface area contributed by atoms with E-state index in [4.69, 9.17) is 5.73 Å². The molecule has 0 aliphatic heterocycles. The monoisotopic (exact) mass is 270 g/mol. The van der Waals surface area contributed by atoms with E-state index in [2.05, 4.69) is 19.1 Å². The SMILES string of the molecule is Cc1ccccc1CCC(=O)N(C)C(C)CN.Cl. The van der Waals surface area contributed by atoms with Gasteiger partial charge >= 0.3 is 0 Å². The molecule has 0 aromatic heterocycles. The lowest BCUT2D eigenvalue weighted by atomic mass is 10.0. The summed E-state index contributed by atoms with van der Waals surface area (Å²) in [5, 5.41) is 0. The molecule has 102 valence electrons. The van der Waals surface area contributed by atoms with Crippen molar-refractivity contribution in [3.8, 4) is 0 Å². The van der Waals surface area contributed by atoms with Crippen molar-refractivity contribution in [1.82, 2.24) is 4.90 Å². The highest BCUT2D eigenvalue weighted by atomic mass is 35.5. The Balaban J connectivity index is 0.00000289. The lowest BCUT2D eigenvalue weighted by molar-refractivity contribution is -0.131. The number of hydrogen-bond donors (Lipinski definition) is 1. The predicted octanol–water partition coefficient (Wildman–Crippen LogP) is 2.16. The Labute approximate surface area is 116 Å². The highest BCUT2D eigenvalue weighted by Crippen LogP contribution is 2.10. The van der Waals surface area contributed by atoms with Gasteiger partial charge in [0.15, 0.2) is 0 Å². The van der Waals surface area contributed by atoms with E-state index < -0.39 is 0 Å². The molecule has 1 aromatic carbocycles. The van der Waals surface area contributed by atoms with Crippen LogP contribution in [0, 0.1) is 6.92 Å². The molecular weight excluding hydrogens is 248 g/mol. The van der Waals surface area contributed by atoms with Crippen molar-refractivity contribution in [2.45, 2.75) is 32.7 Å². The molecule has 4 heteroatoms. The molecule has 0 aliphatic rings. The van der Waals surface area contributed by atoms with Gasteiger partial charge in [0.05, 0.1) is 0 Å². The van der Waals surface area contributed by atoms with Gasteiger partial charge in [0, 0.05) is 26.1 Å². The third-order valence-electron chi connectivity index (χ3n) is 3.27. The molecule has 3 nitrogen and oxygen atoms in total. The molecule has 0 aliphatic carbocycles. The summed E-state index contributed by atoms with van der Waals surface area (Å²) in [4.78, 5) is 13.6. The third kappa shape index (κ3) is 4.67. The molecule has 1 atom stereocenters. The molecule has 0 saturated heterocycles. The standard InChI is InChI=1S/C14H22N2O.ClH/c1-11-6-4-5-7-13(11)8-9-14(17)16(3)12(2)10-15;/h4-7,12H,8-10,15H2,1-3H3;1H. The summed E-state index contributed by atoms with van der Waals surface area (Å²) in [5.74, 6) is 0.159. The first-order chi connectivity index (χ1) is 8.06. The number of likely N-dealkylation sites (N-methyl/N-ethyl adjacent to an activating group) is 1. The summed E-state index contributed by atoms with van der Waals surface area (Å²) < 4.78 is 0. The summed E-state index contributed by atoms with van der Waals surface area (Å²) in [6.07, 6.45) is 1.35. The molecule has 1 unspecified atom stereocenters. The number of benzene rings is 1. The topological polar surface area (TPSA) is 46.3 Å². The number of nitrogens with two attached hydrogens (primary N) is 1. The maximum absolute atomic E-state index is 11.9. The van der Waals surface area contributed by atoms with Crippen LogP contribution in [0.25, 0.3) is 0 Å². The molecule has 18 heavy (non-hydrogen) atoms. The Hall–Kier alpha value is -1.06. The molecule has 0 heterocycles. The number of nitrogens with zero attached hydrogens (tertiary/aromatic N) is 1. The van der Waals surface area contributed by atoms with E-state index in [0.29, 0.717) is 13.0 Å². The minimum Gasteiger partial charge on any atom is -0.342 e. The first-order valence-corrected chi connectivity index (χ1v) is 6.06. The van der Waals surface area contributed by atoms with Crippen LogP contribution in [0.3, 0.4) is 0 Å². The fraction of sp³-hybridized carbons (Fsp3) is 0.500. The smallest absolute Gasteiger partial charge is 0.222 e. The molecule has 0 spiro atoms. The molecular formula is C14H23ClN2O. The van der Waals surface area contributed by atoms with Crippen molar-refractivity contribution in [2.75, 3.05) is 13.6 Å². The van der Waals surface area contributed by atoms with Gasteiger partial charge in [-0.05, 0) is 31.4 Å². The van der Waals surface area contributed by atoms with Crippen molar-refractivity contribution in [3.05, 3.63) is 35.4 Å².